The largest absolute Gasteiger partial charge is 0.497 e. The normalized spacial score (nSPS) is 11.9. The van der Waals surface area contributed by atoms with Gasteiger partial charge in [0.1, 0.15) is 17.0 Å². The highest BCUT2D eigenvalue weighted by atomic mass is 32.2. The molecule has 3 aromatic carbocycles. The van der Waals surface area contributed by atoms with E-state index < -0.39 is 11.1 Å². The van der Waals surface area contributed by atoms with E-state index in [1.165, 1.54) is 0 Å². The first-order chi connectivity index (χ1) is 16.6. The number of nitrogens with zero attached hydrogens (tertiary/aromatic N) is 3. The van der Waals surface area contributed by atoms with Crippen LogP contribution in [0.15, 0.2) is 91.1 Å². The van der Waals surface area contributed by atoms with E-state index >= 15 is 0 Å². The molecule has 6 nitrogen and oxygen atoms in total. The average Bonchev–Trinajstić information content (AvgIpc) is 2.88. The van der Waals surface area contributed by atoms with Crippen LogP contribution in [0.5, 0.6) is 5.75 Å². The van der Waals surface area contributed by atoms with Gasteiger partial charge in [-0.25, -0.2) is 14.2 Å². The summed E-state index contributed by atoms with van der Waals surface area (Å²) in [6.45, 7) is 0. The maximum Gasteiger partial charge on any atom is 0.160 e. The Balaban J connectivity index is 1.66. The maximum atomic E-state index is 11.1. The van der Waals surface area contributed by atoms with Crippen molar-refractivity contribution in [3.8, 4) is 39.5 Å². The molecule has 0 saturated carbocycles. The molecule has 0 saturated heterocycles. The number of rotatable bonds is 6. The van der Waals surface area contributed by atoms with E-state index in [1.54, 1.807) is 7.11 Å². The van der Waals surface area contributed by atoms with Gasteiger partial charge in [-0.05, 0) is 29.3 Å². The number of hydrogen-bond donors (Lipinski definition) is 1. The SMILES string of the molecule is COc1cccc(-c2nc(-c3ccccc3)c3ncc(-c4ccc(CS(=O)O)cc4)cc3n2)c1. The molecule has 0 fully saturated rings. The summed E-state index contributed by atoms with van der Waals surface area (Å²) in [5.41, 5.74) is 6.66. The molecule has 0 amide bonds. The second-order valence-corrected chi connectivity index (χ2v) is 8.68. The van der Waals surface area contributed by atoms with Crippen molar-refractivity contribution < 1.29 is 13.5 Å². The van der Waals surface area contributed by atoms with E-state index in [1.807, 2.05) is 91.1 Å². The fraction of sp³-hybridized carbons (Fsp3) is 0.0741. The quantitative estimate of drug-likeness (QED) is 0.320. The van der Waals surface area contributed by atoms with Gasteiger partial charge in [0, 0.05) is 22.9 Å². The van der Waals surface area contributed by atoms with Crippen molar-refractivity contribution in [2.24, 2.45) is 0 Å². The van der Waals surface area contributed by atoms with Crippen LogP contribution in [0.1, 0.15) is 5.56 Å². The van der Waals surface area contributed by atoms with Gasteiger partial charge >= 0.3 is 0 Å². The van der Waals surface area contributed by atoms with Crippen molar-refractivity contribution in [2.75, 3.05) is 7.11 Å². The lowest BCUT2D eigenvalue weighted by Crippen LogP contribution is -1.98. The molecule has 1 atom stereocenters. The summed E-state index contributed by atoms with van der Waals surface area (Å²) >= 11 is -1.87. The van der Waals surface area contributed by atoms with Crippen LogP contribution in [0.3, 0.4) is 0 Å². The van der Waals surface area contributed by atoms with E-state index in [9.17, 15) is 4.21 Å². The molecule has 7 heteroatoms. The molecule has 2 aromatic heterocycles. The second kappa shape index (κ2) is 9.51. The molecule has 5 rings (SSSR count). The molecule has 0 aliphatic carbocycles. The molecule has 1 N–H and O–H groups in total. The number of fused-ring (bicyclic) bond motifs is 1. The minimum atomic E-state index is -1.87. The molecular formula is C27H21N3O3S. The topological polar surface area (TPSA) is 85.2 Å². The predicted octanol–water partition coefficient (Wildman–Crippen LogP) is 5.76. The van der Waals surface area contributed by atoms with Crippen LogP contribution in [0.4, 0.5) is 0 Å². The molecule has 2 heterocycles. The summed E-state index contributed by atoms with van der Waals surface area (Å²) in [6, 6.07) is 27.2. The highest BCUT2D eigenvalue weighted by Crippen LogP contribution is 2.31. The van der Waals surface area contributed by atoms with Crippen LogP contribution in [-0.2, 0) is 16.8 Å². The molecule has 168 valence electrons. The van der Waals surface area contributed by atoms with Gasteiger partial charge in [-0.3, -0.25) is 4.98 Å². The smallest absolute Gasteiger partial charge is 0.160 e. The number of benzene rings is 3. The summed E-state index contributed by atoms with van der Waals surface area (Å²) in [5.74, 6) is 1.43. The Morgan fingerprint density at radius 3 is 2.32 bits per heavy atom. The van der Waals surface area contributed by atoms with Crippen LogP contribution in [0, 0.1) is 0 Å². The third-order valence-electron chi connectivity index (χ3n) is 5.49. The number of pyridine rings is 1. The van der Waals surface area contributed by atoms with E-state index in [-0.39, 0.29) is 5.75 Å². The lowest BCUT2D eigenvalue weighted by molar-refractivity contribution is 0.415. The monoisotopic (exact) mass is 467 g/mol. The molecule has 1 unspecified atom stereocenters. The minimum absolute atomic E-state index is 0.105. The first-order valence-corrected chi connectivity index (χ1v) is 11.9. The molecule has 0 aliphatic rings. The molecule has 0 spiro atoms. The van der Waals surface area contributed by atoms with Crippen molar-refractivity contribution >= 4 is 22.1 Å². The van der Waals surface area contributed by atoms with E-state index in [4.69, 9.17) is 24.2 Å². The van der Waals surface area contributed by atoms with Gasteiger partial charge in [-0.2, -0.15) is 0 Å². The van der Waals surface area contributed by atoms with Crippen LogP contribution >= 0.6 is 0 Å². The zero-order valence-corrected chi connectivity index (χ0v) is 19.2. The summed E-state index contributed by atoms with van der Waals surface area (Å²) in [4.78, 5) is 14.5. The fourth-order valence-corrected chi connectivity index (χ4v) is 4.28. The van der Waals surface area contributed by atoms with Gasteiger partial charge in [-0.15, -0.1) is 0 Å². The average molecular weight is 468 g/mol. The Labute approximate surface area is 199 Å². The van der Waals surface area contributed by atoms with Crippen molar-refractivity contribution in [1.29, 1.82) is 0 Å². The Morgan fingerprint density at radius 1 is 0.824 bits per heavy atom. The summed E-state index contributed by atoms with van der Waals surface area (Å²) in [5, 5.41) is 0. The zero-order chi connectivity index (χ0) is 23.5. The van der Waals surface area contributed by atoms with Crippen LogP contribution in [0.25, 0.3) is 44.8 Å². The summed E-state index contributed by atoms with van der Waals surface area (Å²) in [7, 11) is 1.63. The van der Waals surface area contributed by atoms with E-state index in [0.29, 0.717) is 11.3 Å². The highest BCUT2D eigenvalue weighted by molar-refractivity contribution is 7.78. The zero-order valence-electron chi connectivity index (χ0n) is 18.4. The lowest BCUT2D eigenvalue weighted by Gasteiger charge is -2.11. The third kappa shape index (κ3) is 4.57. The van der Waals surface area contributed by atoms with Crippen molar-refractivity contribution in [1.82, 2.24) is 15.0 Å². The first-order valence-electron chi connectivity index (χ1n) is 10.6. The minimum Gasteiger partial charge on any atom is -0.497 e. The fourth-order valence-electron chi connectivity index (χ4n) is 3.80. The van der Waals surface area contributed by atoms with Gasteiger partial charge in [0.25, 0.3) is 0 Å². The lowest BCUT2D eigenvalue weighted by atomic mass is 10.0. The predicted molar refractivity (Wildman–Crippen MR) is 135 cm³/mol. The van der Waals surface area contributed by atoms with Crippen LogP contribution < -0.4 is 4.74 Å². The Kier molecular flexibility index (Phi) is 6.12. The van der Waals surface area contributed by atoms with Gasteiger partial charge in [0.05, 0.1) is 18.4 Å². The second-order valence-electron chi connectivity index (χ2n) is 7.75. The number of methoxy groups -OCH3 is 1. The molecule has 0 bridgehead atoms. The number of ether oxygens (including phenoxy) is 1. The van der Waals surface area contributed by atoms with Crippen molar-refractivity contribution in [2.45, 2.75) is 5.75 Å². The maximum absolute atomic E-state index is 11.1. The van der Waals surface area contributed by atoms with Gasteiger partial charge in [0.2, 0.25) is 0 Å². The van der Waals surface area contributed by atoms with Gasteiger partial charge in [0.15, 0.2) is 16.9 Å². The first kappa shape index (κ1) is 21.9. The summed E-state index contributed by atoms with van der Waals surface area (Å²) < 4.78 is 25.6. The van der Waals surface area contributed by atoms with Crippen LogP contribution in [0.2, 0.25) is 0 Å². The summed E-state index contributed by atoms with van der Waals surface area (Å²) in [6.07, 6.45) is 1.81. The van der Waals surface area contributed by atoms with Gasteiger partial charge in [-0.1, -0.05) is 66.7 Å². The van der Waals surface area contributed by atoms with Gasteiger partial charge < -0.3 is 9.29 Å². The number of aromatic nitrogens is 3. The van der Waals surface area contributed by atoms with Crippen LogP contribution in [-0.4, -0.2) is 30.8 Å². The molecule has 5 aromatic rings. The number of hydrogen-bond acceptors (Lipinski definition) is 5. The van der Waals surface area contributed by atoms with Crippen molar-refractivity contribution in [3.05, 3.63) is 96.7 Å². The van der Waals surface area contributed by atoms with Crippen molar-refractivity contribution in [3.63, 3.8) is 0 Å². The molecule has 0 radical (unpaired) electrons. The Bertz CT molecular complexity index is 1490. The Hall–Kier alpha value is -3.94. The van der Waals surface area contributed by atoms with E-state index in [0.717, 1.165) is 44.8 Å². The molecule has 0 aliphatic heterocycles. The Morgan fingerprint density at radius 2 is 1.59 bits per heavy atom. The third-order valence-corrected chi connectivity index (χ3v) is 6.07. The molecular weight excluding hydrogens is 446 g/mol. The standard InChI is InChI=1S/C27H21N3O3S/c1-33-23-9-5-8-21(14-23)27-29-24-15-22(19-12-10-18(11-13-19)17-34(31)32)16-28-26(24)25(30-27)20-6-3-2-4-7-20/h2-16H,17H2,1H3,(H,31,32). The molecule has 34 heavy (non-hydrogen) atoms. The van der Waals surface area contributed by atoms with E-state index in [2.05, 4.69) is 0 Å². The highest BCUT2D eigenvalue weighted by Gasteiger charge is 2.14.